The van der Waals surface area contributed by atoms with Crippen molar-refractivity contribution in [1.29, 1.82) is 0 Å². The van der Waals surface area contributed by atoms with E-state index in [2.05, 4.69) is 0 Å². The van der Waals surface area contributed by atoms with Gasteiger partial charge in [0.25, 0.3) is 5.91 Å². The number of rotatable bonds is 1. The van der Waals surface area contributed by atoms with Crippen LogP contribution in [0.5, 0.6) is 0 Å². The molecule has 0 radical (unpaired) electrons. The van der Waals surface area contributed by atoms with Crippen molar-refractivity contribution in [3.63, 3.8) is 0 Å². The number of nitrogens with zero attached hydrogens (tertiary/aromatic N) is 1. The van der Waals surface area contributed by atoms with Gasteiger partial charge in [0.05, 0.1) is 21.8 Å². The Hall–Kier alpha value is -0.690. The maximum atomic E-state index is 13.4. The third kappa shape index (κ3) is 2.77. The van der Waals surface area contributed by atoms with Crippen LogP contribution in [0.25, 0.3) is 0 Å². The molecule has 1 saturated heterocycles. The van der Waals surface area contributed by atoms with Gasteiger partial charge in [0.1, 0.15) is 5.82 Å². The smallest absolute Gasteiger partial charge is 0.255 e. The molecule has 0 unspecified atom stereocenters. The molecular weight excluding hydrogens is 336 g/mol. The van der Waals surface area contributed by atoms with Crippen molar-refractivity contribution in [3.05, 3.63) is 33.1 Å². The van der Waals surface area contributed by atoms with Gasteiger partial charge in [0.2, 0.25) is 0 Å². The van der Waals surface area contributed by atoms with Crippen LogP contribution in [0, 0.1) is 9.39 Å². The summed E-state index contributed by atoms with van der Waals surface area (Å²) >= 11 is 1.87. The van der Waals surface area contributed by atoms with Gasteiger partial charge in [-0.15, -0.1) is 0 Å². The highest BCUT2D eigenvalue weighted by molar-refractivity contribution is 14.1. The van der Waals surface area contributed by atoms with E-state index >= 15 is 0 Å². The normalized spacial score (nSPS) is 20.4. The molecule has 1 atom stereocenters. The zero-order valence-corrected chi connectivity index (χ0v) is 11.6. The van der Waals surface area contributed by atoms with Crippen molar-refractivity contribution in [2.75, 3.05) is 19.7 Å². The number of halogens is 2. The fraction of sp³-hybridized carbons (Fsp3) is 0.417. The molecule has 1 aliphatic rings. The minimum atomic E-state index is -0.349. The van der Waals surface area contributed by atoms with E-state index in [1.165, 1.54) is 6.07 Å². The maximum absolute atomic E-state index is 13.4. The molecule has 0 aromatic heterocycles. The van der Waals surface area contributed by atoms with Crippen LogP contribution in [0.2, 0.25) is 0 Å². The first kappa shape index (κ1) is 12.8. The minimum Gasteiger partial charge on any atom is -0.375 e. The molecule has 1 heterocycles. The number of amides is 1. The number of hydrogen-bond donors (Lipinski definition) is 0. The predicted octanol–water partition coefficient (Wildman–Crippen LogP) is 2.29. The standard InChI is InChI=1S/C12H13FINO2/c1-8-7-15(5-6-17-8)12(16)9-3-2-4-10(13)11(9)14/h2-4,8H,5-7H2,1H3/t8-/m1/s1. The molecule has 1 aromatic carbocycles. The van der Waals surface area contributed by atoms with Crippen LogP contribution >= 0.6 is 22.6 Å². The highest BCUT2D eigenvalue weighted by atomic mass is 127. The molecule has 0 aliphatic carbocycles. The Kier molecular flexibility index (Phi) is 3.98. The Morgan fingerprint density at radius 1 is 1.59 bits per heavy atom. The van der Waals surface area contributed by atoms with Crippen molar-refractivity contribution >= 4 is 28.5 Å². The molecule has 1 amide bonds. The molecule has 1 aliphatic heterocycles. The third-order valence-electron chi connectivity index (χ3n) is 2.71. The van der Waals surface area contributed by atoms with Gasteiger partial charge < -0.3 is 9.64 Å². The lowest BCUT2D eigenvalue weighted by molar-refractivity contribution is -0.0124. The fourth-order valence-corrected chi connectivity index (χ4v) is 2.43. The van der Waals surface area contributed by atoms with Gasteiger partial charge in [-0.05, 0) is 41.6 Å². The molecule has 17 heavy (non-hydrogen) atoms. The van der Waals surface area contributed by atoms with Crippen molar-refractivity contribution < 1.29 is 13.9 Å². The number of ether oxygens (including phenoxy) is 1. The summed E-state index contributed by atoms with van der Waals surface area (Å²) in [6.07, 6.45) is 0.0407. The Morgan fingerprint density at radius 2 is 2.35 bits per heavy atom. The van der Waals surface area contributed by atoms with Crippen LogP contribution in [-0.2, 0) is 4.74 Å². The highest BCUT2D eigenvalue weighted by Crippen LogP contribution is 2.19. The number of carbonyl (C=O) groups excluding carboxylic acids is 1. The summed E-state index contributed by atoms with van der Waals surface area (Å²) in [6.45, 7) is 3.59. The molecule has 1 aromatic rings. The monoisotopic (exact) mass is 349 g/mol. The second-order valence-corrected chi connectivity index (χ2v) is 5.11. The van der Waals surface area contributed by atoms with E-state index in [1.807, 2.05) is 29.5 Å². The van der Waals surface area contributed by atoms with Crippen molar-refractivity contribution in [3.8, 4) is 0 Å². The number of carbonyl (C=O) groups is 1. The quantitative estimate of drug-likeness (QED) is 0.729. The Balaban J connectivity index is 2.22. The van der Waals surface area contributed by atoms with Gasteiger partial charge in [-0.2, -0.15) is 0 Å². The van der Waals surface area contributed by atoms with Crippen molar-refractivity contribution in [1.82, 2.24) is 4.90 Å². The summed E-state index contributed by atoms with van der Waals surface area (Å²) in [5, 5.41) is 0. The van der Waals surface area contributed by atoms with E-state index in [4.69, 9.17) is 4.74 Å². The van der Waals surface area contributed by atoms with E-state index in [-0.39, 0.29) is 17.8 Å². The summed E-state index contributed by atoms with van der Waals surface area (Å²) in [7, 11) is 0. The zero-order chi connectivity index (χ0) is 12.4. The molecule has 5 heteroatoms. The van der Waals surface area contributed by atoms with Crippen LogP contribution in [0.3, 0.4) is 0 Å². The number of hydrogen-bond acceptors (Lipinski definition) is 2. The van der Waals surface area contributed by atoms with E-state index in [9.17, 15) is 9.18 Å². The Bertz CT molecular complexity index is 439. The van der Waals surface area contributed by atoms with Gasteiger partial charge in [-0.1, -0.05) is 6.07 Å². The third-order valence-corrected chi connectivity index (χ3v) is 3.81. The second-order valence-electron chi connectivity index (χ2n) is 4.03. The SMILES string of the molecule is C[C@@H]1CN(C(=O)c2cccc(F)c2I)CCO1. The van der Waals surface area contributed by atoms with Crippen LogP contribution in [0.15, 0.2) is 18.2 Å². The Labute approximate surface area is 113 Å². The van der Waals surface area contributed by atoms with Gasteiger partial charge in [-0.25, -0.2) is 4.39 Å². The lowest BCUT2D eigenvalue weighted by Crippen LogP contribution is -2.44. The van der Waals surface area contributed by atoms with Crippen LogP contribution in [0.1, 0.15) is 17.3 Å². The summed E-state index contributed by atoms with van der Waals surface area (Å²) in [5.74, 6) is -0.471. The van der Waals surface area contributed by atoms with E-state index in [0.717, 1.165) is 0 Å². The number of morpholine rings is 1. The molecule has 3 nitrogen and oxygen atoms in total. The van der Waals surface area contributed by atoms with Crippen LogP contribution in [0.4, 0.5) is 4.39 Å². The predicted molar refractivity (Wildman–Crippen MR) is 70.4 cm³/mol. The van der Waals surface area contributed by atoms with Gasteiger partial charge in [0.15, 0.2) is 0 Å². The van der Waals surface area contributed by atoms with E-state index in [1.54, 1.807) is 17.0 Å². The first-order valence-electron chi connectivity index (χ1n) is 5.44. The molecule has 0 spiro atoms. The van der Waals surface area contributed by atoms with E-state index < -0.39 is 0 Å². The molecule has 1 fully saturated rings. The summed E-state index contributed by atoms with van der Waals surface area (Å²) in [4.78, 5) is 13.9. The lowest BCUT2D eigenvalue weighted by atomic mass is 10.1. The van der Waals surface area contributed by atoms with Gasteiger partial charge in [-0.3, -0.25) is 4.79 Å². The van der Waals surface area contributed by atoms with Crippen molar-refractivity contribution in [2.45, 2.75) is 13.0 Å². The van der Waals surface area contributed by atoms with E-state index in [0.29, 0.717) is 28.8 Å². The highest BCUT2D eigenvalue weighted by Gasteiger charge is 2.24. The summed E-state index contributed by atoms with van der Waals surface area (Å²) in [6, 6.07) is 4.59. The fourth-order valence-electron chi connectivity index (χ4n) is 1.84. The minimum absolute atomic E-state index is 0.0407. The largest absolute Gasteiger partial charge is 0.375 e. The number of benzene rings is 1. The average Bonchev–Trinajstić information content (AvgIpc) is 2.32. The molecular formula is C12H13FINO2. The van der Waals surface area contributed by atoms with Gasteiger partial charge >= 0.3 is 0 Å². The molecule has 2 rings (SSSR count). The van der Waals surface area contributed by atoms with Gasteiger partial charge in [0, 0.05) is 13.1 Å². The Morgan fingerprint density at radius 3 is 3.06 bits per heavy atom. The lowest BCUT2D eigenvalue weighted by Gasteiger charge is -2.31. The first-order chi connectivity index (χ1) is 8.09. The second kappa shape index (κ2) is 5.30. The van der Waals surface area contributed by atoms with Crippen LogP contribution < -0.4 is 0 Å². The zero-order valence-electron chi connectivity index (χ0n) is 9.45. The van der Waals surface area contributed by atoms with Crippen molar-refractivity contribution in [2.24, 2.45) is 0 Å². The van der Waals surface area contributed by atoms with Crippen LogP contribution in [-0.4, -0.2) is 36.6 Å². The molecule has 92 valence electrons. The summed E-state index contributed by atoms with van der Waals surface area (Å²) < 4.78 is 19.1. The molecule has 0 N–H and O–H groups in total. The topological polar surface area (TPSA) is 29.5 Å². The maximum Gasteiger partial charge on any atom is 0.255 e. The summed E-state index contributed by atoms with van der Waals surface area (Å²) in [5.41, 5.74) is 0.430. The molecule has 0 saturated carbocycles. The molecule has 0 bridgehead atoms. The average molecular weight is 349 g/mol. The first-order valence-corrected chi connectivity index (χ1v) is 6.52.